The minimum absolute atomic E-state index is 0.748. The zero-order valence-corrected chi connectivity index (χ0v) is 10.9. The van der Waals surface area contributed by atoms with Crippen LogP contribution in [0.2, 0.25) is 0 Å². The first-order valence-corrected chi connectivity index (χ1v) is 6.34. The fourth-order valence-electron chi connectivity index (χ4n) is 2.08. The van der Waals surface area contributed by atoms with E-state index in [2.05, 4.69) is 33.5 Å². The predicted molar refractivity (Wildman–Crippen MR) is 75.5 cm³/mol. The van der Waals surface area contributed by atoms with Gasteiger partial charge >= 0.3 is 0 Å². The molecule has 0 atom stereocenters. The number of hydrogen-bond donors (Lipinski definition) is 1. The van der Waals surface area contributed by atoms with Crippen LogP contribution >= 0.6 is 0 Å². The lowest BCUT2D eigenvalue weighted by Gasteiger charge is -2.05. The molecule has 0 spiro atoms. The SMILES string of the molecule is Cn1ccnc1CNCc1ccc2ccccc2n1. The molecule has 0 fully saturated rings. The molecule has 1 aromatic carbocycles. The molecule has 0 aliphatic carbocycles. The molecule has 0 aliphatic rings. The van der Waals surface area contributed by atoms with Gasteiger partial charge < -0.3 is 9.88 Å². The summed E-state index contributed by atoms with van der Waals surface area (Å²) in [6, 6.07) is 12.3. The Bertz CT molecular complexity index is 687. The van der Waals surface area contributed by atoms with Crippen molar-refractivity contribution in [3.63, 3.8) is 0 Å². The third-order valence-electron chi connectivity index (χ3n) is 3.17. The Kier molecular flexibility index (Phi) is 3.25. The van der Waals surface area contributed by atoms with Gasteiger partial charge in [0.25, 0.3) is 0 Å². The van der Waals surface area contributed by atoms with Crippen LogP contribution in [0.1, 0.15) is 11.5 Å². The molecule has 96 valence electrons. The lowest BCUT2D eigenvalue weighted by Crippen LogP contribution is -2.16. The monoisotopic (exact) mass is 252 g/mol. The van der Waals surface area contributed by atoms with Gasteiger partial charge in [-0.2, -0.15) is 0 Å². The summed E-state index contributed by atoms with van der Waals surface area (Å²) in [6.07, 6.45) is 3.76. The maximum absolute atomic E-state index is 4.63. The van der Waals surface area contributed by atoms with Crippen molar-refractivity contribution in [1.82, 2.24) is 19.9 Å². The second-order valence-electron chi connectivity index (χ2n) is 4.55. The molecule has 3 aromatic rings. The van der Waals surface area contributed by atoms with E-state index in [4.69, 9.17) is 0 Å². The number of benzene rings is 1. The number of nitrogens with one attached hydrogen (secondary N) is 1. The average Bonchev–Trinajstić information content (AvgIpc) is 2.84. The highest BCUT2D eigenvalue weighted by molar-refractivity contribution is 5.78. The number of para-hydroxylation sites is 1. The van der Waals surface area contributed by atoms with Crippen LogP contribution in [0, 0.1) is 0 Å². The molecule has 4 heteroatoms. The molecule has 0 bridgehead atoms. The lowest BCUT2D eigenvalue weighted by atomic mass is 10.2. The maximum atomic E-state index is 4.63. The fraction of sp³-hybridized carbons (Fsp3) is 0.200. The summed E-state index contributed by atoms with van der Waals surface area (Å²) < 4.78 is 2.01. The molecule has 1 N–H and O–H groups in total. The van der Waals surface area contributed by atoms with E-state index in [9.17, 15) is 0 Å². The van der Waals surface area contributed by atoms with E-state index in [1.165, 1.54) is 5.39 Å². The van der Waals surface area contributed by atoms with Gasteiger partial charge in [-0.25, -0.2) is 4.98 Å². The summed E-state index contributed by atoms with van der Waals surface area (Å²) in [6.45, 7) is 1.50. The second kappa shape index (κ2) is 5.20. The van der Waals surface area contributed by atoms with E-state index in [1.54, 1.807) is 0 Å². The summed E-state index contributed by atoms with van der Waals surface area (Å²) in [5.74, 6) is 1.03. The van der Waals surface area contributed by atoms with E-state index in [0.29, 0.717) is 0 Å². The minimum atomic E-state index is 0.748. The summed E-state index contributed by atoms with van der Waals surface area (Å²) in [7, 11) is 2.00. The van der Waals surface area contributed by atoms with E-state index >= 15 is 0 Å². The van der Waals surface area contributed by atoms with Gasteiger partial charge in [0, 0.05) is 31.4 Å². The lowest BCUT2D eigenvalue weighted by molar-refractivity contribution is 0.632. The van der Waals surface area contributed by atoms with Crippen LogP contribution in [0.4, 0.5) is 0 Å². The molecule has 0 aliphatic heterocycles. The van der Waals surface area contributed by atoms with Crippen molar-refractivity contribution < 1.29 is 0 Å². The van der Waals surface area contributed by atoms with Crippen LogP contribution in [0.25, 0.3) is 10.9 Å². The summed E-state index contributed by atoms with van der Waals surface area (Å²) in [5.41, 5.74) is 2.09. The van der Waals surface area contributed by atoms with Crippen LogP contribution in [-0.2, 0) is 20.1 Å². The third-order valence-corrected chi connectivity index (χ3v) is 3.17. The summed E-state index contributed by atoms with van der Waals surface area (Å²) in [5, 5.41) is 4.54. The van der Waals surface area contributed by atoms with Crippen molar-refractivity contribution in [2.24, 2.45) is 7.05 Å². The van der Waals surface area contributed by atoms with Crippen molar-refractivity contribution in [2.45, 2.75) is 13.1 Å². The molecular weight excluding hydrogens is 236 g/mol. The number of nitrogens with zero attached hydrogens (tertiary/aromatic N) is 3. The van der Waals surface area contributed by atoms with Crippen LogP contribution in [-0.4, -0.2) is 14.5 Å². The number of rotatable bonds is 4. The number of aryl methyl sites for hydroxylation is 1. The van der Waals surface area contributed by atoms with Crippen molar-refractivity contribution in [3.8, 4) is 0 Å². The second-order valence-corrected chi connectivity index (χ2v) is 4.55. The first kappa shape index (κ1) is 11.9. The Morgan fingerprint density at radius 3 is 2.84 bits per heavy atom. The number of fused-ring (bicyclic) bond motifs is 1. The molecule has 0 saturated carbocycles. The largest absolute Gasteiger partial charge is 0.337 e. The minimum Gasteiger partial charge on any atom is -0.337 e. The van der Waals surface area contributed by atoms with Gasteiger partial charge in [-0.15, -0.1) is 0 Å². The molecule has 2 heterocycles. The smallest absolute Gasteiger partial charge is 0.122 e. The van der Waals surface area contributed by atoms with E-state index in [0.717, 1.165) is 30.1 Å². The summed E-state index contributed by atoms with van der Waals surface area (Å²) >= 11 is 0. The van der Waals surface area contributed by atoms with Crippen LogP contribution in [0.3, 0.4) is 0 Å². The molecule has 3 rings (SSSR count). The highest BCUT2D eigenvalue weighted by Gasteiger charge is 2.00. The zero-order valence-electron chi connectivity index (χ0n) is 10.9. The molecule has 0 unspecified atom stereocenters. The fourth-order valence-corrected chi connectivity index (χ4v) is 2.08. The van der Waals surface area contributed by atoms with E-state index < -0.39 is 0 Å². The van der Waals surface area contributed by atoms with Gasteiger partial charge in [-0.1, -0.05) is 24.3 Å². The Morgan fingerprint density at radius 1 is 1.11 bits per heavy atom. The molecule has 0 radical (unpaired) electrons. The Labute approximate surface area is 112 Å². The third kappa shape index (κ3) is 2.63. The van der Waals surface area contributed by atoms with Gasteiger partial charge in [0.1, 0.15) is 5.82 Å². The van der Waals surface area contributed by atoms with Crippen molar-refractivity contribution >= 4 is 10.9 Å². The van der Waals surface area contributed by atoms with Gasteiger partial charge in [0.2, 0.25) is 0 Å². The molecule has 4 nitrogen and oxygen atoms in total. The standard InChI is InChI=1S/C15H16N4/c1-19-9-8-17-15(19)11-16-10-13-7-6-12-4-2-3-5-14(12)18-13/h2-9,16H,10-11H2,1H3. The Hall–Kier alpha value is -2.20. The van der Waals surface area contributed by atoms with Crippen molar-refractivity contribution in [3.05, 3.63) is 60.3 Å². The maximum Gasteiger partial charge on any atom is 0.122 e. The number of pyridine rings is 1. The van der Waals surface area contributed by atoms with Crippen LogP contribution in [0.15, 0.2) is 48.8 Å². The molecule has 19 heavy (non-hydrogen) atoms. The Balaban J connectivity index is 1.67. The Morgan fingerprint density at radius 2 is 2.00 bits per heavy atom. The van der Waals surface area contributed by atoms with Gasteiger partial charge in [-0.3, -0.25) is 4.98 Å². The molecule has 0 saturated heterocycles. The van der Waals surface area contributed by atoms with E-state index in [1.807, 2.05) is 42.2 Å². The highest BCUT2D eigenvalue weighted by Crippen LogP contribution is 2.11. The highest BCUT2D eigenvalue weighted by atomic mass is 15.1. The van der Waals surface area contributed by atoms with Gasteiger partial charge in [-0.05, 0) is 12.1 Å². The first-order valence-electron chi connectivity index (χ1n) is 6.34. The molecule has 2 aromatic heterocycles. The normalized spacial score (nSPS) is 11.0. The number of aromatic nitrogens is 3. The predicted octanol–water partition coefficient (Wildman–Crippen LogP) is 2.26. The first-order chi connectivity index (χ1) is 9.33. The number of hydrogen-bond acceptors (Lipinski definition) is 3. The van der Waals surface area contributed by atoms with Crippen LogP contribution in [0.5, 0.6) is 0 Å². The number of imidazole rings is 1. The topological polar surface area (TPSA) is 42.7 Å². The zero-order chi connectivity index (χ0) is 13.1. The van der Waals surface area contributed by atoms with Crippen molar-refractivity contribution in [2.75, 3.05) is 0 Å². The molecule has 0 amide bonds. The molecular formula is C15H16N4. The summed E-state index contributed by atoms with van der Waals surface area (Å²) in [4.78, 5) is 8.90. The van der Waals surface area contributed by atoms with Gasteiger partial charge in [0.15, 0.2) is 0 Å². The van der Waals surface area contributed by atoms with Crippen LogP contribution < -0.4 is 5.32 Å². The van der Waals surface area contributed by atoms with E-state index in [-0.39, 0.29) is 0 Å². The van der Waals surface area contributed by atoms with Crippen molar-refractivity contribution in [1.29, 1.82) is 0 Å². The quantitative estimate of drug-likeness (QED) is 0.774. The van der Waals surface area contributed by atoms with Gasteiger partial charge in [0.05, 0.1) is 17.8 Å². The average molecular weight is 252 g/mol.